The van der Waals surface area contributed by atoms with Gasteiger partial charge >= 0.3 is 5.97 Å². The minimum Gasteiger partial charge on any atom is -0.460 e. The molecule has 1 atom stereocenters. The van der Waals surface area contributed by atoms with Crippen LogP contribution < -0.4 is 5.32 Å². The molecular formula is C19H17Cl2NO3. The Hall–Kier alpha value is -2.04. The number of benzene rings is 2. The molecule has 0 saturated heterocycles. The van der Waals surface area contributed by atoms with Crippen molar-refractivity contribution in [2.24, 2.45) is 5.41 Å². The Morgan fingerprint density at radius 3 is 2.24 bits per heavy atom. The van der Waals surface area contributed by atoms with Crippen LogP contribution in [-0.2, 0) is 16.1 Å². The fraction of sp³-hybridized carbons (Fsp3) is 0.263. The number of halogens is 2. The van der Waals surface area contributed by atoms with Gasteiger partial charge in [0, 0.05) is 17.7 Å². The van der Waals surface area contributed by atoms with Crippen LogP contribution >= 0.6 is 23.2 Å². The number of esters is 1. The molecule has 0 aliphatic heterocycles. The number of carbonyl (C=O) groups excluding carboxylic acids is 2. The van der Waals surface area contributed by atoms with Crippen molar-refractivity contribution in [2.45, 2.75) is 24.3 Å². The first-order valence-electron chi connectivity index (χ1n) is 7.82. The van der Waals surface area contributed by atoms with Gasteiger partial charge in [-0.3, -0.25) is 9.59 Å². The third-order valence-electron chi connectivity index (χ3n) is 4.33. The molecule has 0 radical (unpaired) electrons. The van der Waals surface area contributed by atoms with E-state index in [1.54, 1.807) is 31.2 Å². The molecular weight excluding hydrogens is 361 g/mol. The van der Waals surface area contributed by atoms with Crippen molar-refractivity contribution < 1.29 is 14.3 Å². The van der Waals surface area contributed by atoms with Gasteiger partial charge in [0.05, 0.1) is 0 Å². The van der Waals surface area contributed by atoms with Crippen LogP contribution in [0, 0.1) is 5.41 Å². The zero-order valence-corrected chi connectivity index (χ0v) is 15.1. The molecule has 0 heterocycles. The summed E-state index contributed by atoms with van der Waals surface area (Å²) in [7, 11) is 0. The molecule has 4 nitrogen and oxygen atoms in total. The molecule has 2 aromatic rings. The van der Waals surface area contributed by atoms with Gasteiger partial charge in [-0.2, -0.15) is 0 Å². The highest BCUT2D eigenvalue weighted by Crippen LogP contribution is 2.64. The van der Waals surface area contributed by atoms with Crippen molar-refractivity contribution in [3.8, 4) is 0 Å². The minimum atomic E-state index is -1.04. The molecule has 2 aromatic carbocycles. The van der Waals surface area contributed by atoms with E-state index in [0.717, 1.165) is 11.3 Å². The van der Waals surface area contributed by atoms with Crippen molar-refractivity contribution in [1.29, 1.82) is 0 Å². The second kappa shape index (κ2) is 6.70. The predicted octanol–water partition coefficient (Wildman–Crippen LogP) is 4.57. The van der Waals surface area contributed by atoms with E-state index in [0.29, 0.717) is 12.0 Å². The molecule has 0 spiro atoms. The van der Waals surface area contributed by atoms with Crippen LogP contribution in [0.5, 0.6) is 0 Å². The van der Waals surface area contributed by atoms with E-state index in [-0.39, 0.29) is 12.5 Å². The zero-order chi connectivity index (χ0) is 18.1. The Bertz CT molecular complexity index is 790. The van der Waals surface area contributed by atoms with Gasteiger partial charge in [0.2, 0.25) is 0 Å². The average Bonchev–Trinajstić information content (AvgIpc) is 3.13. The topological polar surface area (TPSA) is 55.4 Å². The highest BCUT2D eigenvalue weighted by molar-refractivity contribution is 6.53. The lowest BCUT2D eigenvalue weighted by molar-refractivity contribution is -0.150. The maximum atomic E-state index is 12.2. The maximum absolute atomic E-state index is 12.2. The Balaban J connectivity index is 1.55. The fourth-order valence-corrected chi connectivity index (χ4v) is 3.10. The van der Waals surface area contributed by atoms with Gasteiger partial charge in [0.25, 0.3) is 5.91 Å². The summed E-state index contributed by atoms with van der Waals surface area (Å²) >= 11 is 11.9. The van der Waals surface area contributed by atoms with Gasteiger partial charge in [-0.25, -0.2) is 0 Å². The summed E-state index contributed by atoms with van der Waals surface area (Å²) in [6.45, 7) is 1.80. The molecule has 3 rings (SSSR count). The maximum Gasteiger partial charge on any atom is 0.315 e. The zero-order valence-electron chi connectivity index (χ0n) is 13.6. The molecule has 25 heavy (non-hydrogen) atoms. The summed E-state index contributed by atoms with van der Waals surface area (Å²) in [6, 6.07) is 16.1. The first-order chi connectivity index (χ1) is 11.8. The van der Waals surface area contributed by atoms with Gasteiger partial charge in [-0.1, -0.05) is 30.3 Å². The number of ether oxygens (including phenoxy) is 1. The van der Waals surface area contributed by atoms with Crippen LogP contribution in [0.3, 0.4) is 0 Å². The van der Waals surface area contributed by atoms with Crippen molar-refractivity contribution >= 4 is 40.8 Å². The summed E-state index contributed by atoms with van der Waals surface area (Å²) < 4.78 is 4.24. The minimum absolute atomic E-state index is 0.110. The van der Waals surface area contributed by atoms with Crippen LogP contribution in [0.4, 0.5) is 5.69 Å². The van der Waals surface area contributed by atoms with Crippen molar-refractivity contribution in [3.05, 3.63) is 65.7 Å². The van der Waals surface area contributed by atoms with E-state index in [9.17, 15) is 9.59 Å². The molecule has 1 amide bonds. The number of rotatable bonds is 5. The molecule has 0 unspecified atom stereocenters. The lowest BCUT2D eigenvalue weighted by Gasteiger charge is -2.12. The van der Waals surface area contributed by atoms with E-state index in [1.165, 1.54) is 0 Å². The lowest BCUT2D eigenvalue weighted by Crippen LogP contribution is -2.21. The Morgan fingerprint density at radius 2 is 1.68 bits per heavy atom. The summed E-state index contributed by atoms with van der Waals surface area (Å²) in [5.41, 5.74) is 1.19. The van der Waals surface area contributed by atoms with Crippen LogP contribution in [0.15, 0.2) is 54.6 Å². The van der Waals surface area contributed by atoms with E-state index in [4.69, 9.17) is 27.9 Å². The number of hydrogen-bond donors (Lipinski definition) is 1. The molecule has 130 valence electrons. The Morgan fingerprint density at radius 1 is 1.08 bits per heavy atom. The number of para-hydroxylation sites is 1. The molecule has 1 saturated carbocycles. The van der Waals surface area contributed by atoms with E-state index < -0.39 is 15.7 Å². The van der Waals surface area contributed by atoms with Crippen LogP contribution in [0.25, 0.3) is 0 Å². The molecule has 1 aliphatic rings. The molecule has 0 aromatic heterocycles. The standard InChI is InChI=1S/C19H17Cl2NO3/c1-18(12-19(18,20)21)17(24)25-11-13-7-9-14(10-8-13)16(23)22-15-5-3-2-4-6-15/h2-10H,11-12H2,1H3,(H,22,23)/t18-/m0/s1. The van der Waals surface area contributed by atoms with Crippen LogP contribution in [0.2, 0.25) is 0 Å². The smallest absolute Gasteiger partial charge is 0.315 e. The van der Waals surface area contributed by atoms with E-state index >= 15 is 0 Å². The van der Waals surface area contributed by atoms with Crippen LogP contribution in [-0.4, -0.2) is 16.2 Å². The monoisotopic (exact) mass is 377 g/mol. The van der Waals surface area contributed by atoms with E-state index in [1.807, 2.05) is 30.3 Å². The molecule has 1 N–H and O–H groups in total. The molecule has 6 heteroatoms. The lowest BCUT2D eigenvalue weighted by atomic mass is 10.1. The van der Waals surface area contributed by atoms with Crippen molar-refractivity contribution in [3.63, 3.8) is 0 Å². The highest BCUT2D eigenvalue weighted by atomic mass is 35.5. The first-order valence-corrected chi connectivity index (χ1v) is 8.58. The van der Waals surface area contributed by atoms with Crippen molar-refractivity contribution in [1.82, 2.24) is 0 Å². The van der Waals surface area contributed by atoms with Gasteiger partial charge in [0.15, 0.2) is 0 Å². The molecule has 0 bridgehead atoms. The second-order valence-electron chi connectivity index (χ2n) is 6.31. The quantitative estimate of drug-likeness (QED) is 0.613. The van der Waals surface area contributed by atoms with E-state index in [2.05, 4.69) is 5.32 Å². The molecule has 1 aliphatic carbocycles. The normalized spacial score (nSPS) is 20.6. The predicted molar refractivity (Wildman–Crippen MR) is 97.8 cm³/mol. The van der Waals surface area contributed by atoms with Gasteiger partial charge < -0.3 is 10.1 Å². The third-order valence-corrected chi connectivity index (χ3v) is 5.43. The summed E-state index contributed by atoms with van der Waals surface area (Å²) in [6.07, 6.45) is 0.389. The first kappa shape index (κ1) is 17.8. The molecule has 1 fully saturated rings. The van der Waals surface area contributed by atoms with Gasteiger partial charge in [-0.05, 0) is 36.8 Å². The number of amides is 1. The van der Waals surface area contributed by atoms with Gasteiger partial charge in [0.1, 0.15) is 16.4 Å². The number of carbonyl (C=O) groups is 2. The van der Waals surface area contributed by atoms with Crippen molar-refractivity contribution in [2.75, 3.05) is 5.32 Å². The highest BCUT2D eigenvalue weighted by Gasteiger charge is 2.69. The summed E-state index contributed by atoms with van der Waals surface area (Å²) in [5, 5.41) is 2.81. The Labute approximate surface area is 156 Å². The second-order valence-corrected chi connectivity index (χ2v) is 7.79. The number of nitrogens with one attached hydrogen (secondary N) is 1. The van der Waals surface area contributed by atoms with Crippen LogP contribution in [0.1, 0.15) is 29.3 Å². The number of anilines is 1. The van der Waals surface area contributed by atoms with Gasteiger partial charge in [-0.15, -0.1) is 23.2 Å². The summed E-state index contributed by atoms with van der Waals surface area (Å²) in [4.78, 5) is 24.2. The Kier molecular flexibility index (Phi) is 4.76. The third kappa shape index (κ3) is 3.80. The largest absolute Gasteiger partial charge is 0.460 e. The average molecular weight is 378 g/mol. The number of alkyl halides is 2. The number of hydrogen-bond acceptors (Lipinski definition) is 3. The summed E-state index contributed by atoms with van der Waals surface area (Å²) in [5.74, 6) is -0.613. The SMILES string of the molecule is C[C@@]1(C(=O)OCc2ccc(C(=O)Nc3ccccc3)cc2)CC1(Cl)Cl. The fourth-order valence-electron chi connectivity index (χ4n) is 2.41.